The Labute approximate surface area is 204 Å². The lowest BCUT2D eigenvalue weighted by Gasteiger charge is -2.17. The number of thioether (sulfide) groups is 1. The summed E-state index contributed by atoms with van der Waals surface area (Å²) in [5, 5.41) is 2.86. The highest BCUT2D eigenvalue weighted by molar-refractivity contribution is 8.01. The number of nitrogens with one attached hydrogen (secondary N) is 1. The number of rotatable bonds is 6. The molecule has 0 spiro atoms. The predicted molar refractivity (Wildman–Crippen MR) is 132 cm³/mol. The molecule has 6 rings (SSSR count). The van der Waals surface area contributed by atoms with E-state index < -0.39 is 0 Å². The Kier molecular flexibility index (Phi) is 5.18. The third kappa shape index (κ3) is 3.50. The van der Waals surface area contributed by atoms with E-state index in [0.717, 1.165) is 21.0 Å². The van der Waals surface area contributed by atoms with Crippen LogP contribution in [0.5, 0.6) is 5.75 Å². The Morgan fingerprint density at radius 1 is 1.15 bits per heavy atom. The smallest absolute Gasteiger partial charge is 0.238 e. The number of methoxy groups -OCH3 is 1. The molecule has 3 aromatic rings. The second kappa shape index (κ2) is 8.25. The molecule has 3 aliphatic rings. The van der Waals surface area contributed by atoms with Gasteiger partial charge in [0.25, 0.3) is 0 Å². The third-order valence-electron chi connectivity index (χ3n) is 6.76. The number of benzene rings is 2. The number of allylic oxidation sites excluding steroid dienone is 2. The molecule has 1 aromatic heterocycles. The highest BCUT2D eigenvalue weighted by Crippen LogP contribution is 2.53. The molecule has 34 heavy (non-hydrogen) atoms. The van der Waals surface area contributed by atoms with E-state index >= 15 is 0 Å². The quantitative estimate of drug-likeness (QED) is 0.313. The first kappa shape index (κ1) is 21.4. The van der Waals surface area contributed by atoms with Gasteiger partial charge in [-0.25, -0.2) is 9.88 Å². The maximum Gasteiger partial charge on any atom is 0.238 e. The van der Waals surface area contributed by atoms with Gasteiger partial charge in [0.2, 0.25) is 17.7 Å². The summed E-state index contributed by atoms with van der Waals surface area (Å²) in [7, 11) is 1.58. The molecule has 0 unspecified atom stereocenters. The number of carbonyl (C=O) groups is 3. The molecular weight excluding hydrogens is 470 g/mol. The maximum absolute atomic E-state index is 13.1. The molecule has 7 nitrogen and oxygen atoms in total. The maximum atomic E-state index is 13.1. The van der Waals surface area contributed by atoms with E-state index in [2.05, 4.69) is 22.5 Å². The molecule has 4 atom stereocenters. The minimum absolute atomic E-state index is 0.0838. The molecule has 2 aromatic carbocycles. The van der Waals surface area contributed by atoms with E-state index in [9.17, 15) is 14.4 Å². The van der Waals surface area contributed by atoms with Crippen LogP contribution in [-0.2, 0) is 14.4 Å². The van der Waals surface area contributed by atoms with E-state index in [1.54, 1.807) is 25.3 Å². The van der Waals surface area contributed by atoms with Gasteiger partial charge >= 0.3 is 0 Å². The van der Waals surface area contributed by atoms with Crippen LogP contribution in [0, 0.1) is 23.7 Å². The van der Waals surface area contributed by atoms with Crippen LogP contribution in [0.15, 0.2) is 59.0 Å². The van der Waals surface area contributed by atoms with E-state index in [1.165, 1.54) is 28.0 Å². The Morgan fingerprint density at radius 3 is 2.65 bits per heavy atom. The average molecular weight is 492 g/mol. The number of amides is 3. The fourth-order valence-corrected chi connectivity index (χ4v) is 7.18. The van der Waals surface area contributed by atoms with Crippen LogP contribution >= 0.6 is 23.1 Å². The third-order valence-corrected chi connectivity index (χ3v) is 8.92. The van der Waals surface area contributed by atoms with Crippen molar-refractivity contribution in [3.63, 3.8) is 0 Å². The number of thiazole rings is 1. The van der Waals surface area contributed by atoms with Crippen molar-refractivity contribution in [2.24, 2.45) is 23.7 Å². The number of anilines is 2. The minimum atomic E-state index is -0.214. The van der Waals surface area contributed by atoms with Gasteiger partial charge in [0.1, 0.15) is 5.75 Å². The van der Waals surface area contributed by atoms with E-state index in [4.69, 9.17) is 4.74 Å². The van der Waals surface area contributed by atoms with Gasteiger partial charge in [0.05, 0.1) is 40.6 Å². The molecule has 2 aliphatic carbocycles. The second-order valence-corrected chi connectivity index (χ2v) is 11.0. The zero-order chi connectivity index (χ0) is 23.4. The second-order valence-electron chi connectivity index (χ2n) is 8.71. The lowest BCUT2D eigenvalue weighted by molar-refractivity contribution is -0.123. The first-order valence-corrected chi connectivity index (χ1v) is 12.9. The fraction of sp³-hybridized carbons (Fsp3) is 0.280. The van der Waals surface area contributed by atoms with Gasteiger partial charge < -0.3 is 10.1 Å². The van der Waals surface area contributed by atoms with Crippen molar-refractivity contribution in [1.82, 2.24) is 4.98 Å². The first-order chi connectivity index (χ1) is 16.5. The van der Waals surface area contributed by atoms with Gasteiger partial charge in [-0.15, -0.1) is 11.3 Å². The largest absolute Gasteiger partial charge is 0.497 e. The lowest BCUT2D eigenvalue weighted by Crippen LogP contribution is -2.32. The van der Waals surface area contributed by atoms with Crippen LogP contribution in [0.25, 0.3) is 10.2 Å². The molecule has 9 heteroatoms. The van der Waals surface area contributed by atoms with Crippen molar-refractivity contribution >= 4 is 62.4 Å². The zero-order valence-corrected chi connectivity index (χ0v) is 19.9. The Hall–Kier alpha value is -3.17. The van der Waals surface area contributed by atoms with Crippen LogP contribution in [0.1, 0.15) is 6.42 Å². The van der Waals surface area contributed by atoms with Gasteiger partial charge in [0.15, 0.2) is 4.34 Å². The summed E-state index contributed by atoms with van der Waals surface area (Å²) in [4.78, 5) is 44.5. The summed E-state index contributed by atoms with van der Waals surface area (Å²) in [6, 6.07) is 12.7. The van der Waals surface area contributed by atoms with Gasteiger partial charge in [-0.05, 0) is 48.6 Å². The summed E-state index contributed by atoms with van der Waals surface area (Å²) >= 11 is 2.81. The van der Waals surface area contributed by atoms with Crippen LogP contribution in [0.4, 0.5) is 11.4 Å². The number of carbonyl (C=O) groups excluding carboxylic acids is 3. The number of hydrogen-bond acceptors (Lipinski definition) is 7. The molecular formula is C25H21N3O4S2. The van der Waals surface area contributed by atoms with Crippen LogP contribution < -0.4 is 15.0 Å². The Morgan fingerprint density at radius 2 is 1.91 bits per heavy atom. The van der Waals surface area contributed by atoms with Gasteiger partial charge in [-0.2, -0.15) is 0 Å². The van der Waals surface area contributed by atoms with Gasteiger partial charge in [-0.1, -0.05) is 30.0 Å². The molecule has 0 radical (unpaired) electrons. The van der Waals surface area contributed by atoms with Crippen molar-refractivity contribution in [1.29, 1.82) is 0 Å². The summed E-state index contributed by atoms with van der Waals surface area (Å²) in [5.74, 6) is 0.536. The highest BCUT2D eigenvalue weighted by atomic mass is 32.2. The van der Waals surface area contributed by atoms with Crippen molar-refractivity contribution in [2.45, 2.75) is 10.8 Å². The Balaban J connectivity index is 1.15. The number of fused-ring (bicyclic) bond motifs is 6. The summed E-state index contributed by atoms with van der Waals surface area (Å²) in [6.45, 7) is 0. The van der Waals surface area contributed by atoms with Gasteiger partial charge in [0, 0.05) is 11.8 Å². The van der Waals surface area contributed by atoms with Crippen molar-refractivity contribution in [2.75, 3.05) is 23.1 Å². The average Bonchev–Trinajstić information content (AvgIpc) is 3.60. The first-order valence-electron chi connectivity index (χ1n) is 11.1. The fourth-order valence-electron chi connectivity index (χ4n) is 5.27. The number of aromatic nitrogens is 1. The van der Waals surface area contributed by atoms with Crippen LogP contribution in [-0.4, -0.2) is 35.6 Å². The van der Waals surface area contributed by atoms with Crippen LogP contribution in [0.3, 0.4) is 0 Å². The summed E-state index contributed by atoms with van der Waals surface area (Å²) < 4.78 is 6.82. The van der Waals surface area contributed by atoms with E-state index in [0.29, 0.717) is 17.1 Å². The molecule has 2 fully saturated rings. The molecule has 2 heterocycles. The zero-order valence-electron chi connectivity index (χ0n) is 18.3. The number of imide groups is 1. The molecule has 1 N–H and O–H groups in total. The molecule has 2 bridgehead atoms. The molecule has 172 valence electrons. The highest BCUT2D eigenvalue weighted by Gasteiger charge is 2.59. The standard InChI is InChI=1S/C25H21N3O4S2/c1-32-17-4-2-3-15(10-17)26-20(29)12-33-25-27-18-8-7-16(11-19(18)34-25)28-23(30)21-13-5-6-14(9-13)22(21)24(28)31/h2-8,10-11,13-14,21-22H,9,12H2,1H3,(H,26,29)/t13-,14-,21-,22-/m0/s1. The van der Waals surface area contributed by atoms with Gasteiger partial charge in [-0.3, -0.25) is 14.4 Å². The lowest BCUT2D eigenvalue weighted by atomic mass is 9.85. The summed E-state index contributed by atoms with van der Waals surface area (Å²) in [6.07, 6.45) is 5.11. The van der Waals surface area contributed by atoms with Crippen molar-refractivity contribution in [3.05, 3.63) is 54.6 Å². The molecule has 1 aliphatic heterocycles. The molecule has 1 saturated heterocycles. The number of hydrogen-bond donors (Lipinski definition) is 1. The normalized spacial score (nSPS) is 24.8. The monoisotopic (exact) mass is 491 g/mol. The van der Waals surface area contributed by atoms with E-state index in [-0.39, 0.29) is 47.1 Å². The molecule has 3 amide bonds. The van der Waals surface area contributed by atoms with E-state index in [1.807, 2.05) is 24.3 Å². The van der Waals surface area contributed by atoms with Crippen LogP contribution in [0.2, 0.25) is 0 Å². The van der Waals surface area contributed by atoms with Crippen molar-refractivity contribution in [3.8, 4) is 5.75 Å². The summed E-state index contributed by atoms with van der Waals surface area (Å²) in [5.41, 5.74) is 2.06. The SMILES string of the molecule is COc1cccc(NC(=O)CSc2nc3ccc(N4C(=O)[C@@H]5[C@@H](C4=O)[C@H]4C=C[C@H]5C4)cc3s2)c1. The Bertz CT molecular complexity index is 1340. The topological polar surface area (TPSA) is 88.6 Å². The predicted octanol–water partition coefficient (Wildman–Crippen LogP) is 4.35. The molecule has 1 saturated carbocycles. The number of nitrogens with zero attached hydrogens (tertiary/aromatic N) is 2. The van der Waals surface area contributed by atoms with Crippen molar-refractivity contribution < 1.29 is 19.1 Å². The minimum Gasteiger partial charge on any atom is -0.497 e. The number of ether oxygens (including phenoxy) is 1.